The van der Waals surface area contributed by atoms with Crippen molar-refractivity contribution in [3.63, 3.8) is 0 Å². The lowest BCUT2D eigenvalue weighted by Gasteiger charge is -2.08. The fourth-order valence-electron chi connectivity index (χ4n) is 0.862. The van der Waals surface area contributed by atoms with E-state index in [1.165, 1.54) is 12.8 Å². The molecule has 0 aromatic rings. The minimum Gasteiger partial charge on any atom is -0.481 e. The fraction of sp³-hybridized carbons (Fsp3) is 0.857. The Kier molecular flexibility index (Phi) is 2.84. The number of carboxylic acids is 1. The zero-order chi connectivity index (χ0) is 8.27. The zero-order valence-electron chi connectivity index (χ0n) is 6.29. The predicted molar refractivity (Wildman–Crippen MR) is 39.0 cm³/mol. The first-order chi connectivity index (χ1) is 5.18. The third-order valence-corrected chi connectivity index (χ3v) is 1.71. The molecule has 0 amide bonds. The van der Waals surface area contributed by atoms with Crippen molar-refractivity contribution in [1.82, 2.24) is 5.32 Å². The number of carbonyl (C=O) groups is 1. The number of hydrogen-bond acceptors (Lipinski definition) is 3. The molecular formula is C7H13NO3. The van der Waals surface area contributed by atoms with Crippen LogP contribution >= 0.6 is 0 Å². The summed E-state index contributed by atoms with van der Waals surface area (Å²) in [6, 6.07) is 0. The molecule has 0 spiro atoms. The first-order valence-corrected chi connectivity index (χ1v) is 3.81. The highest BCUT2D eigenvalue weighted by atomic mass is 16.4. The van der Waals surface area contributed by atoms with E-state index in [0.29, 0.717) is 5.92 Å². The largest absolute Gasteiger partial charge is 0.481 e. The van der Waals surface area contributed by atoms with Crippen molar-refractivity contribution in [3.8, 4) is 0 Å². The maximum absolute atomic E-state index is 10.1. The molecule has 3 N–H and O–H groups in total. The number of rotatable bonds is 5. The Balaban J connectivity index is 1.99. The number of nitrogens with one attached hydrogen (secondary N) is 1. The first kappa shape index (κ1) is 8.49. The molecule has 4 heteroatoms. The van der Waals surface area contributed by atoms with Gasteiger partial charge in [-0.25, -0.2) is 0 Å². The topological polar surface area (TPSA) is 69.6 Å². The van der Waals surface area contributed by atoms with Crippen molar-refractivity contribution >= 4 is 5.97 Å². The van der Waals surface area contributed by atoms with E-state index in [2.05, 4.69) is 5.32 Å². The Bertz CT molecular complexity index is 145. The van der Waals surface area contributed by atoms with E-state index in [9.17, 15) is 4.79 Å². The molecule has 64 valence electrons. The van der Waals surface area contributed by atoms with E-state index in [1.807, 2.05) is 0 Å². The summed E-state index contributed by atoms with van der Waals surface area (Å²) in [7, 11) is 0. The number of aliphatic hydroxyl groups is 1. The molecule has 1 rings (SSSR count). The second-order valence-electron chi connectivity index (χ2n) is 2.97. The molecule has 0 aromatic heterocycles. The van der Waals surface area contributed by atoms with Crippen LogP contribution in [0.4, 0.5) is 0 Å². The maximum atomic E-state index is 10.1. The van der Waals surface area contributed by atoms with E-state index in [-0.39, 0.29) is 6.42 Å². The lowest BCUT2D eigenvalue weighted by Crippen LogP contribution is -2.32. The van der Waals surface area contributed by atoms with Gasteiger partial charge in [-0.05, 0) is 18.8 Å². The molecule has 11 heavy (non-hydrogen) atoms. The van der Waals surface area contributed by atoms with Crippen LogP contribution in [0.25, 0.3) is 0 Å². The molecular weight excluding hydrogens is 146 g/mol. The second kappa shape index (κ2) is 3.69. The van der Waals surface area contributed by atoms with Crippen LogP contribution in [-0.2, 0) is 4.79 Å². The van der Waals surface area contributed by atoms with Crippen molar-refractivity contribution in [1.29, 1.82) is 0 Å². The van der Waals surface area contributed by atoms with Gasteiger partial charge in [-0.3, -0.25) is 10.1 Å². The molecule has 1 unspecified atom stereocenters. The van der Waals surface area contributed by atoms with Gasteiger partial charge in [0.15, 0.2) is 0 Å². The van der Waals surface area contributed by atoms with E-state index in [1.54, 1.807) is 0 Å². The van der Waals surface area contributed by atoms with E-state index in [0.717, 1.165) is 6.54 Å². The quantitative estimate of drug-likeness (QED) is 0.485. The van der Waals surface area contributed by atoms with Crippen molar-refractivity contribution < 1.29 is 15.0 Å². The summed E-state index contributed by atoms with van der Waals surface area (Å²) >= 11 is 0. The molecule has 0 radical (unpaired) electrons. The van der Waals surface area contributed by atoms with E-state index < -0.39 is 12.2 Å². The summed E-state index contributed by atoms with van der Waals surface area (Å²) in [5.41, 5.74) is 0. The molecule has 1 atom stereocenters. The summed E-state index contributed by atoms with van der Waals surface area (Å²) in [4.78, 5) is 10.1. The van der Waals surface area contributed by atoms with Gasteiger partial charge < -0.3 is 10.2 Å². The van der Waals surface area contributed by atoms with Crippen molar-refractivity contribution in [2.45, 2.75) is 25.5 Å². The molecule has 4 nitrogen and oxygen atoms in total. The average molecular weight is 159 g/mol. The molecule has 1 saturated carbocycles. The average Bonchev–Trinajstić information content (AvgIpc) is 2.63. The second-order valence-corrected chi connectivity index (χ2v) is 2.97. The van der Waals surface area contributed by atoms with Gasteiger partial charge in [0, 0.05) is 6.54 Å². The Labute approximate surface area is 65.2 Å². The van der Waals surface area contributed by atoms with Gasteiger partial charge in [-0.15, -0.1) is 0 Å². The van der Waals surface area contributed by atoms with Gasteiger partial charge in [0.05, 0.1) is 6.42 Å². The van der Waals surface area contributed by atoms with E-state index >= 15 is 0 Å². The van der Waals surface area contributed by atoms with Gasteiger partial charge >= 0.3 is 5.97 Å². The summed E-state index contributed by atoms with van der Waals surface area (Å²) in [6.45, 7) is 0.744. The summed E-state index contributed by atoms with van der Waals surface area (Å²) < 4.78 is 0. The van der Waals surface area contributed by atoms with Crippen LogP contribution < -0.4 is 5.32 Å². The Morgan fingerprint density at radius 1 is 1.64 bits per heavy atom. The van der Waals surface area contributed by atoms with Crippen LogP contribution in [-0.4, -0.2) is 29.0 Å². The third-order valence-electron chi connectivity index (χ3n) is 1.71. The lowest BCUT2D eigenvalue weighted by molar-refractivity contribution is -0.139. The van der Waals surface area contributed by atoms with Crippen LogP contribution in [0.5, 0.6) is 0 Å². The standard InChI is InChI=1S/C7H13NO3/c9-6(3-7(10)11)8-4-5-1-2-5/h5-6,8-9H,1-4H2,(H,10,11). The van der Waals surface area contributed by atoms with Crippen molar-refractivity contribution in [2.75, 3.05) is 6.54 Å². The highest BCUT2D eigenvalue weighted by Crippen LogP contribution is 2.27. The van der Waals surface area contributed by atoms with Gasteiger partial charge in [-0.1, -0.05) is 0 Å². The molecule has 1 aliphatic rings. The first-order valence-electron chi connectivity index (χ1n) is 3.81. The summed E-state index contributed by atoms with van der Waals surface area (Å²) in [6.07, 6.45) is 1.31. The number of carboxylic acid groups (broad SMARTS) is 1. The van der Waals surface area contributed by atoms with Gasteiger partial charge in [0.1, 0.15) is 6.23 Å². The minimum absolute atomic E-state index is 0.216. The van der Waals surface area contributed by atoms with Crippen molar-refractivity contribution in [3.05, 3.63) is 0 Å². The minimum atomic E-state index is -0.971. The molecule has 0 aliphatic heterocycles. The lowest BCUT2D eigenvalue weighted by atomic mass is 10.3. The number of aliphatic carboxylic acids is 1. The molecule has 0 saturated heterocycles. The number of hydrogen-bond donors (Lipinski definition) is 3. The molecule has 1 fully saturated rings. The summed E-state index contributed by atoms with van der Waals surface area (Å²) in [5, 5.41) is 20.0. The normalized spacial score (nSPS) is 19.7. The molecule has 0 aromatic carbocycles. The Morgan fingerprint density at radius 3 is 2.73 bits per heavy atom. The van der Waals surface area contributed by atoms with Crippen LogP contribution in [0.1, 0.15) is 19.3 Å². The highest BCUT2D eigenvalue weighted by molar-refractivity contribution is 5.67. The van der Waals surface area contributed by atoms with Crippen LogP contribution in [0.2, 0.25) is 0 Å². The van der Waals surface area contributed by atoms with E-state index in [4.69, 9.17) is 10.2 Å². The predicted octanol–water partition coefficient (Wildman–Crippen LogP) is -0.221. The molecule has 1 aliphatic carbocycles. The zero-order valence-corrected chi connectivity index (χ0v) is 6.29. The van der Waals surface area contributed by atoms with Gasteiger partial charge in [0.2, 0.25) is 0 Å². The third kappa shape index (κ3) is 3.95. The van der Waals surface area contributed by atoms with Crippen LogP contribution in [0.15, 0.2) is 0 Å². The molecule has 0 heterocycles. The van der Waals surface area contributed by atoms with Gasteiger partial charge in [0.25, 0.3) is 0 Å². The monoisotopic (exact) mass is 159 g/mol. The van der Waals surface area contributed by atoms with Crippen LogP contribution in [0.3, 0.4) is 0 Å². The number of aliphatic hydroxyl groups excluding tert-OH is 1. The smallest absolute Gasteiger partial charge is 0.307 e. The highest BCUT2D eigenvalue weighted by Gasteiger charge is 2.22. The SMILES string of the molecule is O=C(O)CC(O)NCC1CC1. The molecule has 0 bridgehead atoms. The maximum Gasteiger partial charge on any atom is 0.307 e. The van der Waals surface area contributed by atoms with Crippen LogP contribution in [0, 0.1) is 5.92 Å². The van der Waals surface area contributed by atoms with Gasteiger partial charge in [-0.2, -0.15) is 0 Å². The van der Waals surface area contributed by atoms with Crippen molar-refractivity contribution in [2.24, 2.45) is 5.92 Å². The fourth-order valence-corrected chi connectivity index (χ4v) is 0.862. The Morgan fingerprint density at radius 2 is 2.27 bits per heavy atom. The summed E-state index contributed by atoms with van der Waals surface area (Å²) in [5.74, 6) is -0.306. The Hall–Kier alpha value is -0.610.